The van der Waals surface area contributed by atoms with Gasteiger partial charge in [0.05, 0.1) is 0 Å². The van der Waals surface area contributed by atoms with E-state index in [1.165, 1.54) is 5.56 Å². The molecule has 1 rings (SSSR count). The molecule has 0 saturated carbocycles. The van der Waals surface area contributed by atoms with Crippen LogP contribution in [-0.2, 0) is 5.41 Å². The molecule has 2 heteroatoms. The fourth-order valence-corrected chi connectivity index (χ4v) is 1.58. The van der Waals surface area contributed by atoms with Crippen molar-refractivity contribution in [3.8, 4) is 0 Å². The Kier molecular flexibility index (Phi) is 4.28. The lowest BCUT2D eigenvalue weighted by Crippen LogP contribution is -2.34. The fourth-order valence-electron chi connectivity index (χ4n) is 1.58. The van der Waals surface area contributed by atoms with Crippen LogP contribution >= 0.6 is 0 Å². The van der Waals surface area contributed by atoms with Gasteiger partial charge in [-0.2, -0.15) is 0 Å². The number of hydrogen-bond acceptors (Lipinski definition) is 2. The van der Waals surface area contributed by atoms with E-state index in [9.17, 15) is 0 Å². The Labute approximate surface area is 93.1 Å². The van der Waals surface area contributed by atoms with Crippen LogP contribution < -0.4 is 5.32 Å². The summed E-state index contributed by atoms with van der Waals surface area (Å²) < 4.78 is 0. The van der Waals surface area contributed by atoms with Crippen molar-refractivity contribution >= 4 is 0 Å². The Morgan fingerprint density at radius 1 is 1.27 bits per heavy atom. The summed E-state index contributed by atoms with van der Waals surface area (Å²) in [5, 5.41) is 3.50. The lowest BCUT2D eigenvalue weighted by Gasteiger charge is -2.26. The highest BCUT2D eigenvalue weighted by molar-refractivity contribution is 5.20. The van der Waals surface area contributed by atoms with E-state index in [4.69, 9.17) is 0 Å². The molecule has 0 fully saturated rings. The molecular weight excluding hydrogens is 184 g/mol. The van der Waals surface area contributed by atoms with Gasteiger partial charge in [-0.25, -0.2) is 0 Å². The lowest BCUT2D eigenvalue weighted by atomic mass is 9.85. The van der Waals surface area contributed by atoms with Crippen molar-refractivity contribution in [3.63, 3.8) is 0 Å². The zero-order valence-electron chi connectivity index (χ0n) is 10.2. The van der Waals surface area contributed by atoms with Crippen LogP contribution in [0, 0.1) is 5.92 Å². The number of pyridine rings is 1. The number of nitrogens with zero attached hydrogens (tertiary/aromatic N) is 1. The Morgan fingerprint density at radius 3 is 2.40 bits per heavy atom. The summed E-state index contributed by atoms with van der Waals surface area (Å²) in [6.45, 7) is 11.1. The molecule has 2 nitrogen and oxygen atoms in total. The van der Waals surface area contributed by atoms with Crippen molar-refractivity contribution in [1.82, 2.24) is 10.3 Å². The molecule has 0 spiro atoms. The molecule has 0 aromatic carbocycles. The first-order valence-electron chi connectivity index (χ1n) is 5.63. The first kappa shape index (κ1) is 12.2. The molecule has 0 aliphatic rings. The summed E-state index contributed by atoms with van der Waals surface area (Å²) in [4.78, 5) is 4.05. The van der Waals surface area contributed by atoms with Gasteiger partial charge in [0.25, 0.3) is 0 Å². The van der Waals surface area contributed by atoms with Crippen LogP contribution in [0.3, 0.4) is 0 Å². The van der Waals surface area contributed by atoms with E-state index in [0.717, 1.165) is 13.1 Å². The zero-order valence-corrected chi connectivity index (χ0v) is 10.2. The number of aromatic nitrogens is 1. The maximum absolute atomic E-state index is 4.05. The molecule has 1 aromatic heterocycles. The number of rotatable bonds is 5. The van der Waals surface area contributed by atoms with Crippen LogP contribution in [-0.4, -0.2) is 18.1 Å². The molecule has 84 valence electrons. The summed E-state index contributed by atoms with van der Waals surface area (Å²) in [6.07, 6.45) is 3.72. The van der Waals surface area contributed by atoms with Crippen LogP contribution in [0.4, 0.5) is 0 Å². The van der Waals surface area contributed by atoms with Crippen molar-refractivity contribution in [2.24, 2.45) is 5.92 Å². The van der Waals surface area contributed by atoms with E-state index in [1.807, 2.05) is 12.4 Å². The molecule has 15 heavy (non-hydrogen) atoms. The first-order valence-corrected chi connectivity index (χ1v) is 5.63. The number of nitrogens with one attached hydrogen (secondary N) is 1. The molecule has 0 amide bonds. The smallest absolute Gasteiger partial charge is 0.0270 e. The van der Waals surface area contributed by atoms with Gasteiger partial charge in [-0.1, -0.05) is 27.7 Å². The molecule has 1 aromatic rings. The minimum absolute atomic E-state index is 0.178. The summed E-state index contributed by atoms with van der Waals surface area (Å²) in [5.41, 5.74) is 1.52. The van der Waals surface area contributed by atoms with Crippen LogP contribution in [0.5, 0.6) is 0 Å². The maximum Gasteiger partial charge on any atom is 0.0270 e. The third-order valence-corrected chi connectivity index (χ3v) is 2.58. The van der Waals surface area contributed by atoms with Gasteiger partial charge in [-0.05, 0) is 30.2 Å². The molecule has 0 radical (unpaired) electrons. The molecule has 0 atom stereocenters. The minimum Gasteiger partial charge on any atom is -0.316 e. The van der Waals surface area contributed by atoms with E-state index in [1.54, 1.807) is 0 Å². The van der Waals surface area contributed by atoms with Crippen molar-refractivity contribution in [2.75, 3.05) is 13.1 Å². The average Bonchev–Trinajstić information content (AvgIpc) is 2.18. The molecule has 0 unspecified atom stereocenters. The second-order valence-corrected chi connectivity index (χ2v) is 5.14. The first-order chi connectivity index (χ1) is 7.02. The summed E-state index contributed by atoms with van der Waals surface area (Å²) in [5.74, 6) is 0.707. The van der Waals surface area contributed by atoms with Crippen LogP contribution in [0.2, 0.25) is 0 Å². The minimum atomic E-state index is 0.178. The standard InChI is InChI=1S/C13H22N2/c1-11(2)9-15-10-13(3,4)12-5-7-14-8-6-12/h5-8,11,15H,9-10H2,1-4H3. The van der Waals surface area contributed by atoms with E-state index in [0.29, 0.717) is 5.92 Å². The van der Waals surface area contributed by atoms with Crippen molar-refractivity contribution in [1.29, 1.82) is 0 Å². The molecule has 1 heterocycles. The van der Waals surface area contributed by atoms with Gasteiger partial charge in [-0.15, -0.1) is 0 Å². The molecule has 0 aliphatic heterocycles. The van der Waals surface area contributed by atoms with Crippen molar-refractivity contribution in [3.05, 3.63) is 30.1 Å². The van der Waals surface area contributed by atoms with Gasteiger partial charge in [0.15, 0.2) is 0 Å². The average molecular weight is 206 g/mol. The Bertz CT molecular complexity index is 278. The van der Waals surface area contributed by atoms with Crippen molar-refractivity contribution < 1.29 is 0 Å². The highest BCUT2D eigenvalue weighted by Gasteiger charge is 2.19. The Morgan fingerprint density at radius 2 is 1.87 bits per heavy atom. The molecular formula is C13H22N2. The summed E-state index contributed by atoms with van der Waals surface area (Å²) >= 11 is 0. The van der Waals surface area contributed by atoms with Crippen LogP contribution in [0.15, 0.2) is 24.5 Å². The normalized spacial score (nSPS) is 12.1. The second kappa shape index (κ2) is 5.26. The van der Waals surface area contributed by atoms with Crippen LogP contribution in [0.25, 0.3) is 0 Å². The third kappa shape index (κ3) is 4.00. The Hall–Kier alpha value is -0.890. The van der Waals surface area contributed by atoms with E-state index >= 15 is 0 Å². The van der Waals surface area contributed by atoms with Crippen molar-refractivity contribution in [2.45, 2.75) is 33.1 Å². The third-order valence-electron chi connectivity index (χ3n) is 2.58. The van der Waals surface area contributed by atoms with E-state index in [2.05, 4.69) is 50.1 Å². The number of hydrogen-bond donors (Lipinski definition) is 1. The lowest BCUT2D eigenvalue weighted by molar-refractivity contribution is 0.442. The van der Waals surface area contributed by atoms with Gasteiger partial charge < -0.3 is 5.32 Å². The quantitative estimate of drug-likeness (QED) is 0.801. The monoisotopic (exact) mass is 206 g/mol. The van der Waals surface area contributed by atoms with Gasteiger partial charge >= 0.3 is 0 Å². The van der Waals surface area contributed by atoms with E-state index < -0.39 is 0 Å². The fraction of sp³-hybridized carbons (Fsp3) is 0.615. The topological polar surface area (TPSA) is 24.9 Å². The summed E-state index contributed by atoms with van der Waals surface area (Å²) in [7, 11) is 0. The van der Waals surface area contributed by atoms with Gasteiger partial charge in [0, 0.05) is 24.4 Å². The predicted octanol–water partition coefficient (Wildman–Crippen LogP) is 2.60. The van der Waals surface area contributed by atoms with E-state index in [-0.39, 0.29) is 5.41 Å². The Balaban J connectivity index is 2.52. The van der Waals surface area contributed by atoms with Crippen LogP contribution in [0.1, 0.15) is 33.3 Å². The highest BCUT2D eigenvalue weighted by atomic mass is 14.9. The SMILES string of the molecule is CC(C)CNCC(C)(C)c1ccncc1. The molecule has 0 aliphatic carbocycles. The van der Waals surface area contributed by atoms with Gasteiger partial charge in [0.1, 0.15) is 0 Å². The largest absolute Gasteiger partial charge is 0.316 e. The second-order valence-electron chi connectivity index (χ2n) is 5.14. The van der Waals surface area contributed by atoms with Gasteiger partial charge in [-0.3, -0.25) is 4.98 Å². The summed E-state index contributed by atoms with van der Waals surface area (Å²) in [6, 6.07) is 4.19. The predicted molar refractivity (Wildman–Crippen MR) is 65.0 cm³/mol. The molecule has 1 N–H and O–H groups in total. The highest BCUT2D eigenvalue weighted by Crippen LogP contribution is 2.21. The molecule has 0 saturated heterocycles. The maximum atomic E-state index is 4.05. The molecule has 0 bridgehead atoms. The zero-order chi connectivity index (χ0) is 11.3. The van der Waals surface area contributed by atoms with Gasteiger partial charge in [0.2, 0.25) is 0 Å².